The minimum absolute atomic E-state index is 0.108. The van der Waals surface area contributed by atoms with Crippen LogP contribution in [0.25, 0.3) is 0 Å². The molecule has 1 unspecified atom stereocenters. The van der Waals surface area contributed by atoms with E-state index in [1.54, 1.807) is 12.1 Å². The third kappa shape index (κ3) is 2.95. The molecule has 0 N–H and O–H groups in total. The van der Waals surface area contributed by atoms with E-state index in [0.29, 0.717) is 12.4 Å². The first kappa shape index (κ1) is 13.4. The zero-order valence-corrected chi connectivity index (χ0v) is 12.4. The Hall–Kier alpha value is -0.610. The van der Waals surface area contributed by atoms with Crippen LogP contribution in [0.15, 0.2) is 22.7 Å². The van der Waals surface area contributed by atoms with Crippen LogP contribution in [0, 0.1) is 5.82 Å². The molecular weight excluding hydrogens is 311 g/mol. The van der Waals surface area contributed by atoms with E-state index in [-0.39, 0.29) is 17.5 Å². The summed E-state index contributed by atoms with van der Waals surface area (Å²) in [6.45, 7) is 0.440. The van der Waals surface area contributed by atoms with Gasteiger partial charge in [0.25, 0.3) is 0 Å². The van der Waals surface area contributed by atoms with Crippen LogP contribution >= 0.6 is 15.9 Å². The van der Waals surface area contributed by atoms with Gasteiger partial charge in [0.2, 0.25) is 0 Å². The quantitative estimate of drug-likeness (QED) is 0.815. The lowest BCUT2D eigenvalue weighted by atomic mass is 9.98. The van der Waals surface area contributed by atoms with E-state index in [0.717, 1.165) is 17.3 Å². The number of ether oxygens (including phenoxy) is 2. The number of halogens is 2. The maximum absolute atomic E-state index is 13.6. The predicted octanol–water partition coefficient (Wildman–Crippen LogP) is 4.46. The molecule has 19 heavy (non-hydrogen) atoms. The largest absolute Gasteiger partial charge is 0.488 e. The fraction of sp³-hybridized carbons (Fsp3) is 0.600. The molecule has 0 bridgehead atoms. The van der Waals surface area contributed by atoms with E-state index in [2.05, 4.69) is 15.9 Å². The Bertz CT molecular complexity index is 457. The summed E-state index contributed by atoms with van der Waals surface area (Å²) in [7, 11) is 0. The van der Waals surface area contributed by atoms with Gasteiger partial charge in [0, 0.05) is 4.47 Å². The first-order valence-corrected chi connectivity index (χ1v) is 7.72. The van der Waals surface area contributed by atoms with Crippen LogP contribution in [0.3, 0.4) is 0 Å². The van der Waals surface area contributed by atoms with Gasteiger partial charge in [0.05, 0.1) is 11.7 Å². The summed E-state index contributed by atoms with van der Waals surface area (Å²) in [6, 6.07) is 4.74. The SMILES string of the molecule is Fc1ccc(Br)cc1OCC1CCC2(CCCC2)O1. The maximum Gasteiger partial charge on any atom is 0.165 e. The van der Waals surface area contributed by atoms with Gasteiger partial charge in [0.1, 0.15) is 6.61 Å². The van der Waals surface area contributed by atoms with Gasteiger partial charge in [-0.25, -0.2) is 4.39 Å². The number of benzene rings is 1. The van der Waals surface area contributed by atoms with E-state index in [4.69, 9.17) is 9.47 Å². The Morgan fingerprint density at radius 1 is 1.32 bits per heavy atom. The van der Waals surface area contributed by atoms with Crippen molar-refractivity contribution in [2.75, 3.05) is 6.61 Å². The Morgan fingerprint density at radius 3 is 2.89 bits per heavy atom. The van der Waals surface area contributed by atoms with Gasteiger partial charge in [-0.2, -0.15) is 0 Å². The van der Waals surface area contributed by atoms with Gasteiger partial charge in [-0.05, 0) is 43.9 Å². The molecular formula is C15H18BrFO2. The molecule has 0 radical (unpaired) electrons. The molecule has 1 saturated heterocycles. The standard InChI is InChI=1S/C15H18BrFO2/c16-11-3-4-13(17)14(9-11)18-10-12-5-8-15(19-12)6-1-2-7-15/h3-4,9,12H,1-2,5-8,10H2. The molecule has 104 valence electrons. The zero-order valence-electron chi connectivity index (χ0n) is 10.8. The van der Waals surface area contributed by atoms with Crippen LogP contribution in [0.5, 0.6) is 5.75 Å². The van der Waals surface area contributed by atoms with Gasteiger partial charge < -0.3 is 9.47 Å². The van der Waals surface area contributed by atoms with Crippen LogP contribution in [-0.4, -0.2) is 18.3 Å². The number of hydrogen-bond acceptors (Lipinski definition) is 2. The zero-order chi connectivity index (χ0) is 13.3. The number of hydrogen-bond donors (Lipinski definition) is 0. The second-order valence-corrected chi connectivity index (χ2v) is 6.47. The first-order chi connectivity index (χ1) is 9.17. The maximum atomic E-state index is 13.6. The second-order valence-electron chi connectivity index (χ2n) is 5.55. The average molecular weight is 329 g/mol. The molecule has 1 aliphatic carbocycles. The van der Waals surface area contributed by atoms with Crippen molar-refractivity contribution in [3.8, 4) is 5.75 Å². The minimum atomic E-state index is -0.322. The fourth-order valence-corrected chi connectivity index (χ4v) is 3.51. The summed E-state index contributed by atoms with van der Waals surface area (Å²) >= 11 is 3.32. The minimum Gasteiger partial charge on any atom is -0.488 e. The van der Waals surface area contributed by atoms with Gasteiger partial charge in [-0.1, -0.05) is 28.8 Å². The van der Waals surface area contributed by atoms with Crippen LogP contribution < -0.4 is 4.74 Å². The van der Waals surface area contributed by atoms with Crippen molar-refractivity contribution in [2.24, 2.45) is 0 Å². The van der Waals surface area contributed by atoms with Gasteiger partial charge >= 0.3 is 0 Å². The van der Waals surface area contributed by atoms with E-state index >= 15 is 0 Å². The summed E-state index contributed by atoms with van der Waals surface area (Å²) in [5.41, 5.74) is 0.115. The average Bonchev–Trinajstić information content (AvgIpc) is 3.02. The molecule has 3 rings (SSSR count). The molecule has 2 aliphatic rings. The van der Waals surface area contributed by atoms with Crippen molar-refractivity contribution in [3.63, 3.8) is 0 Å². The topological polar surface area (TPSA) is 18.5 Å². The van der Waals surface area contributed by atoms with Gasteiger partial charge in [0.15, 0.2) is 11.6 Å². The summed E-state index contributed by atoms with van der Waals surface area (Å²) in [6.07, 6.45) is 7.15. The molecule has 1 atom stereocenters. The van der Waals surface area contributed by atoms with E-state index < -0.39 is 0 Å². The highest BCUT2D eigenvalue weighted by Crippen LogP contribution is 2.43. The first-order valence-electron chi connectivity index (χ1n) is 6.93. The Balaban J connectivity index is 1.57. The predicted molar refractivity (Wildman–Crippen MR) is 74.9 cm³/mol. The smallest absolute Gasteiger partial charge is 0.165 e. The molecule has 1 spiro atoms. The molecule has 1 aromatic rings. The lowest BCUT2D eigenvalue weighted by Gasteiger charge is -2.23. The van der Waals surface area contributed by atoms with Gasteiger partial charge in [-0.3, -0.25) is 0 Å². The lowest BCUT2D eigenvalue weighted by molar-refractivity contribution is -0.0512. The molecule has 1 aliphatic heterocycles. The second kappa shape index (κ2) is 5.41. The van der Waals surface area contributed by atoms with Crippen molar-refractivity contribution < 1.29 is 13.9 Å². The van der Waals surface area contributed by atoms with Crippen molar-refractivity contribution in [1.82, 2.24) is 0 Å². The molecule has 0 aromatic heterocycles. The van der Waals surface area contributed by atoms with Crippen molar-refractivity contribution in [2.45, 2.75) is 50.2 Å². The van der Waals surface area contributed by atoms with Crippen LogP contribution in [0.4, 0.5) is 4.39 Å². The molecule has 1 saturated carbocycles. The normalized spacial score (nSPS) is 25.1. The van der Waals surface area contributed by atoms with Gasteiger partial charge in [-0.15, -0.1) is 0 Å². The van der Waals surface area contributed by atoms with Crippen molar-refractivity contribution in [3.05, 3.63) is 28.5 Å². The van der Waals surface area contributed by atoms with Crippen molar-refractivity contribution in [1.29, 1.82) is 0 Å². The monoisotopic (exact) mass is 328 g/mol. The molecule has 2 nitrogen and oxygen atoms in total. The third-order valence-corrected chi connectivity index (χ3v) is 4.66. The summed E-state index contributed by atoms with van der Waals surface area (Å²) < 4.78 is 26.1. The Labute approximate surface area is 121 Å². The summed E-state index contributed by atoms with van der Waals surface area (Å²) in [4.78, 5) is 0. The summed E-state index contributed by atoms with van der Waals surface area (Å²) in [5, 5.41) is 0. The molecule has 1 aromatic carbocycles. The van der Waals surface area contributed by atoms with E-state index in [9.17, 15) is 4.39 Å². The van der Waals surface area contributed by atoms with Crippen LogP contribution in [0.2, 0.25) is 0 Å². The van der Waals surface area contributed by atoms with Crippen molar-refractivity contribution >= 4 is 15.9 Å². The Morgan fingerprint density at radius 2 is 2.11 bits per heavy atom. The number of rotatable bonds is 3. The molecule has 2 fully saturated rings. The Kier molecular flexibility index (Phi) is 3.81. The third-order valence-electron chi connectivity index (χ3n) is 4.17. The van der Waals surface area contributed by atoms with E-state index in [1.165, 1.54) is 31.7 Å². The molecule has 4 heteroatoms. The summed E-state index contributed by atoms with van der Waals surface area (Å²) in [5.74, 6) is -0.0258. The lowest BCUT2D eigenvalue weighted by Crippen LogP contribution is -2.27. The fourth-order valence-electron chi connectivity index (χ4n) is 3.17. The molecule has 0 amide bonds. The highest BCUT2D eigenvalue weighted by Gasteiger charge is 2.42. The highest BCUT2D eigenvalue weighted by molar-refractivity contribution is 9.10. The van der Waals surface area contributed by atoms with Crippen LogP contribution in [0.1, 0.15) is 38.5 Å². The van der Waals surface area contributed by atoms with Crippen LogP contribution in [-0.2, 0) is 4.74 Å². The highest BCUT2D eigenvalue weighted by atomic mass is 79.9. The molecule has 1 heterocycles. The van der Waals surface area contributed by atoms with E-state index in [1.807, 2.05) is 0 Å².